The van der Waals surface area contributed by atoms with Gasteiger partial charge in [0.25, 0.3) is 5.56 Å². The van der Waals surface area contributed by atoms with Crippen molar-refractivity contribution in [3.63, 3.8) is 0 Å². The van der Waals surface area contributed by atoms with E-state index in [1.54, 1.807) is 17.6 Å². The molecule has 0 spiro atoms. The molecule has 2 aliphatic heterocycles. The minimum atomic E-state index is -1.84. The van der Waals surface area contributed by atoms with Crippen LogP contribution in [-0.2, 0) is 34.7 Å². The number of esters is 1. The van der Waals surface area contributed by atoms with Crippen LogP contribution in [0.1, 0.15) is 53.6 Å². The predicted octanol–water partition coefficient (Wildman–Crippen LogP) is 4.04. The average Bonchev–Trinajstić information content (AvgIpc) is 3.27. The van der Waals surface area contributed by atoms with E-state index in [0.29, 0.717) is 29.1 Å². The zero-order valence-electron chi connectivity index (χ0n) is 20.1. The molecule has 6 heteroatoms. The van der Waals surface area contributed by atoms with Crippen molar-refractivity contribution in [2.45, 2.75) is 45.4 Å². The van der Waals surface area contributed by atoms with Gasteiger partial charge in [0, 0.05) is 27.6 Å². The van der Waals surface area contributed by atoms with E-state index in [1.807, 2.05) is 36.4 Å². The quantitative estimate of drug-likeness (QED) is 0.307. The highest BCUT2D eigenvalue weighted by molar-refractivity contribution is 5.91. The summed E-state index contributed by atoms with van der Waals surface area (Å²) in [5.74, 6) is 5.82. The zero-order chi connectivity index (χ0) is 25.0. The summed E-state index contributed by atoms with van der Waals surface area (Å²) in [6, 6.07) is 17.7. The Balaban J connectivity index is 1.56. The van der Waals surface area contributed by atoms with Crippen LogP contribution < -0.4 is 5.56 Å². The lowest BCUT2D eigenvalue weighted by Gasteiger charge is -2.31. The van der Waals surface area contributed by atoms with Crippen molar-refractivity contribution in [3.05, 3.63) is 98.3 Å². The molecule has 0 bridgehead atoms. The van der Waals surface area contributed by atoms with E-state index in [2.05, 4.69) is 30.9 Å². The molecule has 0 radical (unpaired) electrons. The molecule has 2 aliphatic rings. The highest BCUT2D eigenvalue weighted by Gasteiger charge is 2.45. The first-order chi connectivity index (χ1) is 17.4. The maximum Gasteiger partial charge on any atom is 0.343 e. The molecule has 1 atom stereocenters. The molecule has 6 nitrogen and oxygen atoms in total. The van der Waals surface area contributed by atoms with Crippen molar-refractivity contribution in [3.8, 4) is 23.2 Å². The Bertz CT molecular complexity index is 1690. The fraction of sp³-hybridized carbons (Fsp3) is 0.233. The van der Waals surface area contributed by atoms with Crippen LogP contribution in [0.2, 0.25) is 0 Å². The molecule has 0 aliphatic carbocycles. The largest absolute Gasteiger partial charge is 0.458 e. The zero-order valence-corrected chi connectivity index (χ0v) is 20.1. The molecule has 1 N–H and O–H groups in total. The van der Waals surface area contributed by atoms with Crippen LogP contribution in [0, 0.1) is 11.8 Å². The lowest BCUT2D eigenvalue weighted by Crippen LogP contribution is -2.44. The van der Waals surface area contributed by atoms with Crippen molar-refractivity contribution >= 4 is 16.9 Å². The Kier molecular flexibility index (Phi) is 5.06. The maximum atomic E-state index is 13.4. The summed E-state index contributed by atoms with van der Waals surface area (Å²) >= 11 is 0. The molecular formula is C30H24N2O4. The molecule has 2 aromatic carbocycles. The molecule has 0 saturated heterocycles. The standard InChI is InChI=1S/C30H24N2O4/c1-3-19-12-13-20(11-10-18-8-6-5-7-9-18)22-14-21-16-32-25(27(21)31-26(19)22)15-24-23(28(32)33)17-36-29(34)30(24,35)4-2/h5-9,12-15,35H,3-4,16-17H2,1-2H3/t30-/m0/s1. The number of hydrogen-bond acceptors (Lipinski definition) is 5. The third kappa shape index (κ3) is 3.20. The number of ether oxygens (including phenoxy) is 1. The number of pyridine rings is 2. The number of hydrogen-bond donors (Lipinski definition) is 1. The molecular weight excluding hydrogens is 452 g/mol. The van der Waals surface area contributed by atoms with Crippen LogP contribution in [-0.4, -0.2) is 20.6 Å². The summed E-state index contributed by atoms with van der Waals surface area (Å²) in [4.78, 5) is 30.9. The third-order valence-corrected chi connectivity index (χ3v) is 7.26. The second-order valence-corrected chi connectivity index (χ2v) is 9.24. The number of cyclic esters (lactones) is 1. The molecule has 2 aromatic heterocycles. The number of rotatable bonds is 2. The van der Waals surface area contributed by atoms with Gasteiger partial charge >= 0.3 is 5.97 Å². The van der Waals surface area contributed by atoms with E-state index in [9.17, 15) is 14.7 Å². The van der Waals surface area contributed by atoms with Gasteiger partial charge < -0.3 is 14.4 Å². The number of benzene rings is 2. The number of aryl methyl sites for hydroxylation is 1. The van der Waals surface area contributed by atoms with Crippen LogP contribution in [0.4, 0.5) is 0 Å². The molecule has 6 rings (SSSR count). The van der Waals surface area contributed by atoms with Crippen molar-refractivity contribution in [2.75, 3.05) is 0 Å². The van der Waals surface area contributed by atoms with Gasteiger partial charge in [-0.05, 0) is 48.7 Å². The van der Waals surface area contributed by atoms with Crippen LogP contribution in [0.15, 0.2) is 59.4 Å². The Morgan fingerprint density at radius 1 is 1.08 bits per heavy atom. The Hall–Kier alpha value is -4.21. The van der Waals surface area contributed by atoms with Gasteiger partial charge in [0.05, 0.1) is 29.0 Å². The van der Waals surface area contributed by atoms with Gasteiger partial charge in [0.2, 0.25) is 0 Å². The molecule has 36 heavy (non-hydrogen) atoms. The van der Waals surface area contributed by atoms with E-state index in [1.165, 1.54) is 0 Å². The monoisotopic (exact) mass is 476 g/mol. The third-order valence-electron chi connectivity index (χ3n) is 7.26. The molecule has 0 amide bonds. The van der Waals surface area contributed by atoms with Crippen molar-refractivity contribution in [1.82, 2.24) is 9.55 Å². The van der Waals surface area contributed by atoms with E-state index in [0.717, 1.165) is 39.6 Å². The summed E-state index contributed by atoms with van der Waals surface area (Å²) < 4.78 is 6.83. The van der Waals surface area contributed by atoms with Gasteiger partial charge in [0.1, 0.15) is 6.61 Å². The van der Waals surface area contributed by atoms with Gasteiger partial charge in [-0.15, -0.1) is 0 Å². The highest BCUT2D eigenvalue weighted by Crippen LogP contribution is 2.39. The number of carbonyl (C=O) groups is 1. The van der Waals surface area contributed by atoms with Crippen molar-refractivity contribution in [2.24, 2.45) is 0 Å². The summed E-state index contributed by atoms with van der Waals surface area (Å²) in [7, 11) is 0. The van der Waals surface area contributed by atoms with Gasteiger partial charge in [0.15, 0.2) is 5.60 Å². The van der Waals surface area contributed by atoms with Gasteiger partial charge in [-0.3, -0.25) is 4.79 Å². The van der Waals surface area contributed by atoms with E-state index in [-0.39, 0.29) is 18.6 Å². The fourth-order valence-electron chi connectivity index (χ4n) is 5.18. The molecule has 0 unspecified atom stereocenters. The summed E-state index contributed by atoms with van der Waals surface area (Å²) in [6.45, 7) is 4.01. The SMILES string of the molecule is CCc1ccc(C#Cc2ccccc2)c2cc3c(nc12)-c1cc2c(c(=O)n1C3)COC(=O)[C@]2(O)CC. The van der Waals surface area contributed by atoms with Crippen LogP contribution in [0.25, 0.3) is 22.3 Å². The van der Waals surface area contributed by atoms with Gasteiger partial charge in [-0.1, -0.05) is 50.0 Å². The first kappa shape index (κ1) is 22.3. The molecule has 0 fully saturated rings. The first-order valence-corrected chi connectivity index (χ1v) is 12.1. The van der Waals surface area contributed by atoms with E-state index >= 15 is 0 Å². The molecule has 178 valence electrons. The van der Waals surface area contributed by atoms with Gasteiger partial charge in [-0.25, -0.2) is 9.78 Å². The maximum absolute atomic E-state index is 13.4. The van der Waals surface area contributed by atoms with Crippen LogP contribution in [0.5, 0.6) is 0 Å². The summed E-state index contributed by atoms with van der Waals surface area (Å²) in [5, 5.41) is 12.0. The lowest BCUT2D eigenvalue weighted by molar-refractivity contribution is -0.172. The molecule has 4 heterocycles. The summed E-state index contributed by atoms with van der Waals surface area (Å²) in [5.41, 5.74) is 4.51. The first-order valence-electron chi connectivity index (χ1n) is 12.1. The average molecular weight is 477 g/mol. The minimum Gasteiger partial charge on any atom is -0.458 e. The minimum absolute atomic E-state index is 0.114. The second-order valence-electron chi connectivity index (χ2n) is 9.24. The van der Waals surface area contributed by atoms with Crippen molar-refractivity contribution in [1.29, 1.82) is 0 Å². The Labute approximate surface area is 208 Å². The topological polar surface area (TPSA) is 81.4 Å². The number of aromatic nitrogens is 2. The Morgan fingerprint density at radius 2 is 1.89 bits per heavy atom. The number of fused-ring (bicyclic) bond motifs is 5. The van der Waals surface area contributed by atoms with Gasteiger partial charge in [-0.2, -0.15) is 0 Å². The fourth-order valence-corrected chi connectivity index (χ4v) is 5.18. The summed E-state index contributed by atoms with van der Waals surface area (Å²) in [6.07, 6.45) is 0.913. The predicted molar refractivity (Wildman–Crippen MR) is 136 cm³/mol. The number of nitrogens with zero attached hydrogens (tertiary/aromatic N) is 2. The number of aliphatic hydroxyl groups is 1. The Morgan fingerprint density at radius 3 is 2.64 bits per heavy atom. The smallest absolute Gasteiger partial charge is 0.343 e. The molecule has 0 saturated carbocycles. The van der Waals surface area contributed by atoms with E-state index in [4.69, 9.17) is 9.72 Å². The normalized spacial score (nSPS) is 17.6. The van der Waals surface area contributed by atoms with Crippen LogP contribution in [0.3, 0.4) is 0 Å². The van der Waals surface area contributed by atoms with Crippen LogP contribution >= 0.6 is 0 Å². The number of carbonyl (C=O) groups excluding carboxylic acids is 1. The lowest BCUT2D eigenvalue weighted by atomic mass is 9.86. The van der Waals surface area contributed by atoms with Crippen molar-refractivity contribution < 1.29 is 14.6 Å². The van der Waals surface area contributed by atoms with E-state index < -0.39 is 11.6 Å². The molecule has 4 aromatic rings. The highest BCUT2D eigenvalue weighted by atomic mass is 16.6. The second kappa shape index (κ2) is 8.18.